The summed E-state index contributed by atoms with van der Waals surface area (Å²) < 4.78 is 34.2. The van der Waals surface area contributed by atoms with E-state index in [2.05, 4.69) is 9.97 Å². The first-order valence-corrected chi connectivity index (χ1v) is 13.5. The number of carbonyl (C=O) groups is 2. The second-order valence-electron chi connectivity index (χ2n) is 9.20. The largest absolute Gasteiger partial charge is 0.481 e. The van der Waals surface area contributed by atoms with Crippen LogP contribution in [-0.4, -0.2) is 74.3 Å². The zero-order valence-corrected chi connectivity index (χ0v) is 23.4. The summed E-state index contributed by atoms with van der Waals surface area (Å²) in [6, 6.07) is 9.82. The lowest BCUT2D eigenvalue weighted by molar-refractivity contribution is -0.138. The normalized spacial score (nSPS) is 17.9. The van der Waals surface area contributed by atoms with Crippen LogP contribution in [0.5, 0.6) is 5.88 Å². The third-order valence-electron chi connectivity index (χ3n) is 6.71. The van der Waals surface area contributed by atoms with Crippen LogP contribution in [0.2, 0.25) is 5.02 Å². The lowest BCUT2D eigenvalue weighted by Crippen LogP contribution is -2.59. The molecule has 0 bridgehead atoms. The summed E-state index contributed by atoms with van der Waals surface area (Å²) >= 11 is 6.42. The number of pyridine rings is 2. The number of ether oxygens (including phenoxy) is 1. The Morgan fingerprint density at radius 3 is 2.42 bits per heavy atom. The molecule has 1 aliphatic heterocycles. The van der Waals surface area contributed by atoms with E-state index in [1.807, 2.05) is 0 Å². The Labute approximate surface area is 226 Å². The van der Waals surface area contributed by atoms with Gasteiger partial charge < -0.3 is 9.64 Å². The minimum absolute atomic E-state index is 0.0871. The second kappa shape index (κ2) is 9.97. The highest BCUT2D eigenvalue weighted by Crippen LogP contribution is 2.52. The number of methoxy groups -OCH3 is 1. The molecular formula is C26H28ClN5O5S. The molecule has 0 saturated heterocycles. The van der Waals surface area contributed by atoms with Gasteiger partial charge in [-0.25, -0.2) is 9.97 Å². The molecule has 1 aromatic carbocycles. The Kier molecular flexibility index (Phi) is 7.21. The Bertz CT molecular complexity index is 1510. The van der Waals surface area contributed by atoms with E-state index in [0.29, 0.717) is 0 Å². The lowest BCUT2D eigenvalue weighted by atomic mass is 9.81. The number of sulfonamides is 1. The number of aromatic nitrogens is 2. The predicted octanol–water partition coefficient (Wildman–Crippen LogP) is 2.83. The van der Waals surface area contributed by atoms with E-state index >= 15 is 0 Å². The Morgan fingerprint density at radius 1 is 1.11 bits per heavy atom. The summed E-state index contributed by atoms with van der Waals surface area (Å²) in [5.74, 6) is -1.05. The van der Waals surface area contributed by atoms with Gasteiger partial charge in [0.1, 0.15) is 0 Å². The quantitative estimate of drug-likeness (QED) is 0.436. The molecule has 0 radical (unpaired) electrons. The van der Waals surface area contributed by atoms with Gasteiger partial charge in [-0.3, -0.25) is 14.5 Å². The van der Waals surface area contributed by atoms with Gasteiger partial charge in [-0.2, -0.15) is 12.7 Å². The van der Waals surface area contributed by atoms with Crippen molar-refractivity contribution in [2.24, 2.45) is 0 Å². The highest BCUT2D eigenvalue weighted by Gasteiger charge is 2.61. The predicted molar refractivity (Wildman–Crippen MR) is 143 cm³/mol. The number of hydrogen-bond donors (Lipinski definition) is 0. The van der Waals surface area contributed by atoms with Crippen molar-refractivity contribution in [3.05, 3.63) is 76.6 Å². The molecule has 0 spiro atoms. The Morgan fingerprint density at radius 2 is 1.82 bits per heavy atom. The fraction of sp³-hybridized carbons (Fsp3) is 0.308. The van der Waals surface area contributed by atoms with Crippen molar-refractivity contribution in [3.63, 3.8) is 0 Å². The van der Waals surface area contributed by atoms with Crippen molar-refractivity contribution in [2.75, 3.05) is 32.6 Å². The van der Waals surface area contributed by atoms with Crippen LogP contribution in [0.15, 0.2) is 59.9 Å². The number of rotatable bonds is 7. The van der Waals surface area contributed by atoms with Gasteiger partial charge in [0, 0.05) is 42.6 Å². The number of likely N-dealkylation sites (N-methyl/N-ethyl adjacent to an activating group) is 2. The van der Waals surface area contributed by atoms with Crippen LogP contribution in [0, 0.1) is 6.92 Å². The third kappa shape index (κ3) is 4.11. The van der Waals surface area contributed by atoms with Crippen molar-refractivity contribution in [3.8, 4) is 5.88 Å². The van der Waals surface area contributed by atoms with Gasteiger partial charge in [0.25, 0.3) is 15.9 Å². The highest BCUT2D eigenvalue weighted by molar-refractivity contribution is 7.93. The van der Waals surface area contributed by atoms with Gasteiger partial charge in [-0.1, -0.05) is 17.7 Å². The Balaban J connectivity index is 2.09. The van der Waals surface area contributed by atoms with Crippen LogP contribution >= 0.6 is 11.6 Å². The van der Waals surface area contributed by atoms with Crippen LogP contribution in [0.25, 0.3) is 0 Å². The average molecular weight is 558 g/mol. The average Bonchev–Trinajstić information content (AvgIpc) is 3.15. The van der Waals surface area contributed by atoms with Gasteiger partial charge in [0.2, 0.25) is 11.8 Å². The zero-order valence-electron chi connectivity index (χ0n) is 21.8. The number of nitrogens with zero attached hydrogens (tertiary/aromatic N) is 5. The molecular weight excluding hydrogens is 530 g/mol. The van der Waals surface area contributed by atoms with Crippen molar-refractivity contribution >= 4 is 39.1 Å². The van der Waals surface area contributed by atoms with E-state index < -0.39 is 27.5 Å². The maximum Gasteiger partial charge on any atom is 0.288 e. The first-order chi connectivity index (χ1) is 17.9. The molecule has 0 N–H and O–H groups in total. The molecule has 200 valence electrons. The monoisotopic (exact) mass is 557 g/mol. The van der Waals surface area contributed by atoms with Gasteiger partial charge >= 0.3 is 0 Å². The van der Waals surface area contributed by atoms with E-state index in [-0.39, 0.29) is 38.7 Å². The number of amides is 2. The molecule has 1 unspecified atom stereocenters. The second-order valence-corrected chi connectivity index (χ2v) is 11.4. The van der Waals surface area contributed by atoms with Crippen molar-refractivity contribution in [1.82, 2.24) is 19.8 Å². The van der Waals surface area contributed by atoms with Crippen LogP contribution in [0.1, 0.15) is 23.6 Å². The molecule has 0 saturated carbocycles. The SMILES string of the molecule is COc1ncccc1[C@]1(N(C)C(C)C(=O)N(C)C)C(=O)N(S(=O)(=O)c2ccc(C)cn2)c2ccc(Cl)cc21. The fourth-order valence-electron chi connectivity index (χ4n) is 4.74. The molecule has 10 nitrogen and oxygen atoms in total. The topological polar surface area (TPSA) is 113 Å². The van der Waals surface area contributed by atoms with Crippen molar-refractivity contribution in [2.45, 2.75) is 30.5 Å². The molecule has 4 rings (SSSR count). The molecule has 2 amide bonds. The minimum atomic E-state index is -4.48. The van der Waals surface area contributed by atoms with E-state index in [0.717, 1.165) is 9.87 Å². The van der Waals surface area contributed by atoms with E-state index in [9.17, 15) is 18.0 Å². The zero-order chi connectivity index (χ0) is 28.0. The number of fused-ring (bicyclic) bond motifs is 1. The maximum atomic E-state index is 14.7. The molecule has 3 heterocycles. The number of aryl methyl sites for hydroxylation is 1. The number of benzene rings is 1. The standard InChI is InChI=1S/C26H28ClN5O5S/c1-16-9-12-22(29-15-16)38(35,36)32-21-11-10-18(27)14-20(21)26(25(32)34,19-8-7-13-28-23(19)37-6)31(5)17(2)24(33)30(3)4/h7-15,17H,1-6H3/t17?,26-/m1/s1. The van der Waals surface area contributed by atoms with E-state index in [1.54, 1.807) is 53.2 Å². The highest BCUT2D eigenvalue weighted by atomic mass is 35.5. The van der Waals surface area contributed by atoms with E-state index in [4.69, 9.17) is 16.3 Å². The van der Waals surface area contributed by atoms with Crippen molar-refractivity contribution < 1.29 is 22.7 Å². The van der Waals surface area contributed by atoms with Gasteiger partial charge in [0.15, 0.2) is 10.6 Å². The summed E-state index contributed by atoms with van der Waals surface area (Å²) in [6.45, 7) is 3.42. The minimum Gasteiger partial charge on any atom is -0.481 e. The Hall–Kier alpha value is -3.54. The summed E-state index contributed by atoms with van der Waals surface area (Å²) in [7, 11) is 1.71. The van der Waals surface area contributed by atoms with Crippen LogP contribution < -0.4 is 9.04 Å². The summed E-state index contributed by atoms with van der Waals surface area (Å²) in [5, 5.41) is -0.0251. The van der Waals surface area contributed by atoms with Gasteiger partial charge in [-0.15, -0.1) is 0 Å². The van der Waals surface area contributed by atoms with Crippen LogP contribution in [0.3, 0.4) is 0 Å². The number of carbonyl (C=O) groups excluding carboxylic acids is 2. The summed E-state index contributed by atoms with van der Waals surface area (Å²) in [6.07, 6.45) is 2.91. The molecule has 0 fully saturated rings. The number of anilines is 1. The van der Waals surface area contributed by atoms with Crippen molar-refractivity contribution in [1.29, 1.82) is 0 Å². The maximum absolute atomic E-state index is 14.7. The van der Waals surface area contributed by atoms with Crippen LogP contribution in [0.4, 0.5) is 5.69 Å². The molecule has 1 aliphatic rings. The number of hydrogen-bond acceptors (Lipinski definition) is 8. The molecule has 2 aromatic heterocycles. The van der Waals surface area contributed by atoms with E-state index in [1.165, 1.54) is 53.6 Å². The first kappa shape index (κ1) is 27.5. The fourth-order valence-corrected chi connectivity index (χ4v) is 6.29. The van der Waals surface area contributed by atoms with Gasteiger partial charge in [-0.05, 0) is 62.9 Å². The van der Waals surface area contributed by atoms with Crippen LogP contribution in [-0.2, 0) is 25.2 Å². The third-order valence-corrected chi connectivity index (χ3v) is 8.56. The molecule has 12 heteroatoms. The summed E-state index contributed by atoms with van der Waals surface area (Å²) in [5.41, 5.74) is -0.481. The molecule has 38 heavy (non-hydrogen) atoms. The molecule has 2 atom stereocenters. The lowest BCUT2D eigenvalue weighted by Gasteiger charge is -2.41. The number of halogens is 1. The molecule has 3 aromatic rings. The van der Waals surface area contributed by atoms with Gasteiger partial charge in [0.05, 0.1) is 18.8 Å². The molecule has 0 aliphatic carbocycles. The summed E-state index contributed by atoms with van der Waals surface area (Å²) in [4.78, 5) is 39.2. The first-order valence-electron chi connectivity index (χ1n) is 11.6. The smallest absolute Gasteiger partial charge is 0.288 e.